The first-order chi connectivity index (χ1) is 11.1. The molecule has 23 heavy (non-hydrogen) atoms. The molecule has 0 saturated carbocycles. The molecule has 0 spiro atoms. The largest absolute Gasteiger partial charge is 0.370 e. The Morgan fingerprint density at radius 2 is 2.13 bits per heavy atom. The number of hydrogen-bond acceptors (Lipinski definition) is 4. The molecule has 3 aliphatic rings. The van der Waals surface area contributed by atoms with Crippen LogP contribution in [0.25, 0.3) is 0 Å². The molecular weight excluding hydrogens is 300 g/mol. The summed E-state index contributed by atoms with van der Waals surface area (Å²) in [5, 5.41) is 0. The molecule has 2 N–H and O–H groups in total. The maximum Gasteiger partial charge on any atom is 0.129 e. The second-order valence-corrected chi connectivity index (χ2v) is 6.39. The summed E-state index contributed by atoms with van der Waals surface area (Å²) >= 11 is 0. The molecule has 0 amide bonds. The number of rotatable bonds is 2. The van der Waals surface area contributed by atoms with Crippen molar-refractivity contribution in [2.24, 2.45) is 10.7 Å². The molecule has 122 valence electrons. The lowest BCUT2D eigenvalue weighted by molar-refractivity contribution is -0.0453. The van der Waals surface area contributed by atoms with Crippen LogP contribution in [0, 0.1) is 11.6 Å². The van der Waals surface area contributed by atoms with Gasteiger partial charge in [0, 0.05) is 30.7 Å². The Morgan fingerprint density at radius 1 is 1.26 bits per heavy atom. The normalized spacial score (nSPS) is 31.0. The Balaban J connectivity index is 1.46. The maximum atomic E-state index is 13.9. The second kappa shape index (κ2) is 5.78. The molecule has 0 radical (unpaired) electrons. The van der Waals surface area contributed by atoms with Crippen molar-refractivity contribution in [2.75, 3.05) is 26.2 Å². The zero-order valence-corrected chi connectivity index (χ0v) is 12.7. The molecule has 0 bridgehead atoms. The Bertz CT molecular complexity index is 668. The van der Waals surface area contributed by atoms with Crippen LogP contribution in [-0.2, 0) is 4.74 Å². The van der Waals surface area contributed by atoms with Crippen molar-refractivity contribution < 1.29 is 13.5 Å². The third kappa shape index (κ3) is 2.71. The van der Waals surface area contributed by atoms with Crippen molar-refractivity contribution in [1.29, 1.82) is 0 Å². The van der Waals surface area contributed by atoms with Gasteiger partial charge in [0.15, 0.2) is 0 Å². The van der Waals surface area contributed by atoms with E-state index in [4.69, 9.17) is 10.5 Å². The van der Waals surface area contributed by atoms with Crippen LogP contribution < -0.4 is 5.73 Å². The average Bonchev–Trinajstić information content (AvgIpc) is 3.11. The van der Waals surface area contributed by atoms with Crippen LogP contribution in [0.15, 0.2) is 34.8 Å². The highest BCUT2D eigenvalue weighted by Gasteiger charge is 2.37. The fraction of sp³-hybridized carbons (Fsp3) is 0.471. The first kappa shape index (κ1) is 14.9. The molecule has 3 atom stereocenters. The van der Waals surface area contributed by atoms with Crippen LogP contribution >= 0.6 is 0 Å². The highest BCUT2D eigenvalue weighted by Crippen LogP contribution is 2.32. The number of nitrogens with zero attached hydrogens (tertiary/aromatic N) is 2. The number of hydrogen-bond donors (Lipinski definition) is 1. The van der Waals surface area contributed by atoms with Gasteiger partial charge in [0.25, 0.3) is 0 Å². The van der Waals surface area contributed by atoms with Gasteiger partial charge in [0.1, 0.15) is 17.7 Å². The van der Waals surface area contributed by atoms with E-state index in [2.05, 4.69) is 16.0 Å². The Hall–Kier alpha value is -1.63. The highest BCUT2D eigenvalue weighted by atomic mass is 19.1. The first-order valence-electron chi connectivity index (χ1n) is 7.90. The first-order valence-corrected chi connectivity index (χ1v) is 7.90. The van der Waals surface area contributed by atoms with Gasteiger partial charge in [0.05, 0.1) is 18.9 Å². The standard InChI is InChI=1S/C17H19F2N3O/c18-11-1-2-14(19)13(5-11)17-15(20)6-12(9-23-17)22-7-10-3-4-21-16(10)8-22/h1-3,5,12,15,17H,4,6-9,20H2/t12-,15+,17-/m1/s1. The molecule has 1 aromatic carbocycles. The Morgan fingerprint density at radius 3 is 2.91 bits per heavy atom. The van der Waals surface area contributed by atoms with Crippen molar-refractivity contribution in [3.05, 3.63) is 47.0 Å². The van der Waals surface area contributed by atoms with E-state index in [-0.39, 0.29) is 17.6 Å². The molecule has 6 heteroatoms. The van der Waals surface area contributed by atoms with Gasteiger partial charge in [-0.15, -0.1) is 0 Å². The summed E-state index contributed by atoms with van der Waals surface area (Å²) < 4.78 is 33.2. The molecule has 3 heterocycles. The van der Waals surface area contributed by atoms with E-state index in [1.54, 1.807) is 0 Å². The summed E-state index contributed by atoms with van der Waals surface area (Å²) in [4.78, 5) is 6.77. The molecule has 0 aliphatic carbocycles. The van der Waals surface area contributed by atoms with Gasteiger partial charge in [0.2, 0.25) is 0 Å². The van der Waals surface area contributed by atoms with Gasteiger partial charge in [-0.2, -0.15) is 0 Å². The van der Waals surface area contributed by atoms with Gasteiger partial charge in [-0.1, -0.05) is 6.08 Å². The number of halogens is 2. The van der Waals surface area contributed by atoms with Crippen LogP contribution in [0.5, 0.6) is 0 Å². The monoisotopic (exact) mass is 319 g/mol. The SMILES string of the molecule is N[C@H]1C[C@@H](N2CC3=CCN=C3C2)CO[C@@H]1c1cc(F)ccc1F. The minimum absolute atomic E-state index is 0.187. The molecule has 2 fully saturated rings. The highest BCUT2D eigenvalue weighted by molar-refractivity contribution is 6.05. The third-order valence-electron chi connectivity index (χ3n) is 4.90. The topological polar surface area (TPSA) is 50.8 Å². The maximum absolute atomic E-state index is 13.9. The van der Waals surface area contributed by atoms with Crippen LogP contribution in [0.3, 0.4) is 0 Å². The van der Waals surface area contributed by atoms with Crippen LogP contribution in [0.4, 0.5) is 8.78 Å². The van der Waals surface area contributed by atoms with Crippen LogP contribution in [-0.4, -0.2) is 48.9 Å². The lowest BCUT2D eigenvalue weighted by Crippen LogP contribution is -2.48. The van der Waals surface area contributed by atoms with E-state index in [1.165, 1.54) is 11.6 Å². The third-order valence-corrected chi connectivity index (χ3v) is 4.90. The van der Waals surface area contributed by atoms with Crippen LogP contribution in [0.1, 0.15) is 18.1 Å². The minimum atomic E-state index is -0.597. The molecule has 4 rings (SSSR count). The Kier molecular flexibility index (Phi) is 3.75. The van der Waals surface area contributed by atoms with Crippen molar-refractivity contribution in [3.8, 4) is 0 Å². The second-order valence-electron chi connectivity index (χ2n) is 6.39. The Labute approximate surface area is 133 Å². The van der Waals surface area contributed by atoms with E-state index in [0.717, 1.165) is 37.5 Å². The average molecular weight is 319 g/mol. The number of nitrogens with two attached hydrogens (primary N) is 1. The van der Waals surface area contributed by atoms with E-state index in [0.29, 0.717) is 13.0 Å². The summed E-state index contributed by atoms with van der Waals surface area (Å²) in [6, 6.07) is 3.24. The van der Waals surface area contributed by atoms with E-state index in [9.17, 15) is 8.78 Å². The van der Waals surface area contributed by atoms with Crippen molar-refractivity contribution in [1.82, 2.24) is 4.90 Å². The molecule has 0 unspecified atom stereocenters. The molecule has 2 saturated heterocycles. The van der Waals surface area contributed by atoms with Gasteiger partial charge >= 0.3 is 0 Å². The number of fused-ring (bicyclic) bond motifs is 1. The van der Waals surface area contributed by atoms with Gasteiger partial charge < -0.3 is 10.5 Å². The van der Waals surface area contributed by atoms with E-state index >= 15 is 0 Å². The zero-order chi connectivity index (χ0) is 16.0. The minimum Gasteiger partial charge on any atom is -0.370 e. The fourth-order valence-electron chi connectivity index (χ4n) is 3.67. The van der Waals surface area contributed by atoms with Gasteiger partial charge in [-0.3, -0.25) is 9.89 Å². The molecule has 0 aromatic heterocycles. The fourth-order valence-corrected chi connectivity index (χ4v) is 3.67. The summed E-state index contributed by atoms with van der Waals surface area (Å²) in [7, 11) is 0. The lowest BCUT2D eigenvalue weighted by atomic mass is 9.93. The number of ether oxygens (including phenoxy) is 1. The number of likely N-dealkylation sites (tertiary alicyclic amines) is 1. The summed E-state index contributed by atoms with van der Waals surface area (Å²) in [5.74, 6) is -0.947. The number of benzene rings is 1. The molecule has 3 aliphatic heterocycles. The molecule has 4 nitrogen and oxygen atoms in total. The molecular formula is C17H19F2N3O. The predicted octanol–water partition coefficient (Wildman–Crippen LogP) is 1.82. The van der Waals surface area contributed by atoms with E-state index in [1.807, 2.05) is 0 Å². The van der Waals surface area contributed by atoms with Crippen molar-refractivity contribution in [2.45, 2.75) is 24.6 Å². The van der Waals surface area contributed by atoms with Crippen molar-refractivity contribution in [3.63, 3.8) is 0 Å². The lowest BCUT2D eigenvalue weighted by Gasteiger charge is -2.38. The van der Waals surface area contributed by atoms with Crippen molar-refractivity contribution >= 4 is 5.71 Å². The zero-order valence-electron chi connectivity index (χ0n) is 12.7. The van der Waals surface area contributed by atoms with Gasteiger partial charge in [-0.05, 0) is 30.2 Å². The summed E-state index contributed by atoms with van der Waals surface area (Å²) in [6.07, 6.45) is 2.26. The predicted molar refractivity (Wildman–Crippen MR) is 83.4 cm³/mol. The van der Waals surface area contributed by atoms with E-state index < -0.39 is 17.7 Å². The smallest absolute Gasteiger partial charge is 0.129 e. The quantitative estimate of drug-likeness (QED) is 0.905. The molecule has 1 aromatic rings. The summed E-state index contributed by atoms with van der Waals surface area (Å²) in [5.41, 5.74) is 8.89. The number of aliphatic imine (C=N–C) groups is 1. The summed E-state index contributed by atoms with van der Waals surface area (Å²) in [6.45, 7) is 2.96. The van der Waals surface area contributed by atoms with Gasteiger partial charge in [-0.25, -0.2) is 8.78 Å². The van der Waals surface area contributed by atoms with Crippen LogP contribution in [0.2, 0.25) is 0 Å².